The molecular formula is C13H11IN4. The summed E-state index contributed by atoms with van der Waals surface area (Å²) in [6, 6.07) is 9.70. The third kappa shape index (κ3) is 2.54. The highest BCUT2D eigenvalue weighted by atomic mass is 127. The molecule has 18 heavy (non-hydrogen) atoms. The van der Waals surface area contributed by atoms with Crippen molar-refractivity contribution in [2.75, 3.05) is 11.1 Å². The summed E-state index contributed by atoms with van der Waals surface area (Å²) in [5.41, 5.74) is 8.72. The highest BCUT2D eigenvalue weighted by Gasteiger charge is 2.07. The van der Waals surface area contributed by atoms with E-state index in [1.165, 1.54) is 0 Å². The van der Waals surface area contributed by atoms with Crippen LogP contribution in [0, 0.1) is 21.8 Å². The zero-order valence-corrected chi connectivity index (χ0v) is 11.9. The number of nitrogens with one attached hydrogen (secondary N) is 1. The molecule has 1 heterocycles. The van der Waals surface area contributed by atoms with Crippen molar-refractivity contribution in [1.29, 1.82) is 5.26 Å². The maximum absolute atomic E-state index is 8.92. The van der Waals surface area contributed by atoms with E-state index in [1.807, 2.05) is 31.2 Å². The molecule has 2 aromatic rings. The first-order valence-electron chi connectivity index (χ1n) is 5.29. The summed E-state index contributed by atoms with van der Waals surface area (Å²) in [4.78, 5) is 4.16. The number of hydrogen-bond donors (Lipinski definition) is 2. The van der Waals surface area contributed by atoms with Gasteiger partial charge in [-0.05, 0) is 53.3 Å². The summed E-state index contributed by atoms with van der Waals surface area (Å²) in [5, 5.41) is 12.1. The van der Waals surface area contributed by atoms with Crippen LogP contribution in [0.1, 0.15) is 11.1 Å². The molecule has 3 N–H and O–H groups in total. The lowest BCUT2D eigenvalue weighted by atomic mass is 10.2. The van der Waals surface area contributed by atoms with Crippen molar-refractivity contribution in [3.8, 4) is 6.07 Å². The molecule has 5 heteroatoms. The Labute approximate surface area is 119 Å². The predicted molar refractivity (Wildman–Crippen MR) is 80.5 cm³/mol. The third-order valence-electron chi connectivity index (χ3n) is 2.56. The lowest BCUT2D eigenvalue weighted by Crippen LogP contribution is -2.02. The number of rotatable bonds is 2. The van der Waals surface area contributed by atoms with E-state index in [-0.39, 0.29) is 0 Å². The molecule has 2 rings (SSSR count). The molecule has 0 atom stereocenters. The van der Waals surface area contributed by atoms with Gasteiger partial charge in [0, 0.05) is 15.5 Å². The molecule has 1 aromatic heterocycles. The van der Waals surface area contributed by atoms with Crippen LogP contribution in [0.2, 0.25) is 0 Å². The summed E-state index contributed by atoms with van der Waals surface area (Å²) < 4.78 is 1.12. The molecule has 0 unspecified atom stereocenters. The Morgan fingerprint density at radius 1 is 1.39 bits per heavy atom. The standard InChI is InChI=1S/C13H11IN4/c1-8-2-3-10(14)6-11(8)18-13-12(16)9(7-15)4-5-17-13/h2-6H,16H2,1H3,(H,17,18). The second-order valence-corrected chi connectivity index (χ2v) is 5.06. The molecule has 0 fully saturated rings. The molecular weight excluding hydrogens is 339 g/mol. The molecule has 0 bridgehead atoms. The number of pyridine rings is 1. The minimum atomic E-state index is 0.373. The first-order valence-corrected chi connectivity index (χ1v) is 6.37. The third-order valence-corrected chi connectivity index (χ3v) is 3.23. The first-order chi connectivity index (χ1) is 8.61. The van der Waals surface area contributed by atoms with E-state index in [0.29, 0.717) is 17.1 Å². The van der Waals surface area contributed by atoms with Crippen molar-refractivity contribution < 1.29 is 0 Å². The smallest absolute Gasteiger partial charge is 0.154 e. The zero-order valence-electron chi connectivity index (χ0n) is 9.74. The number of aromatic nitrogens is 1. The van der Waals surface area contributed by atoms with E-state index in [4.69, 9.17) is 11.0 Å². The van der Waals surface area contributed by atoms with Gasteiger partial charge in [0.1, 0.15) is 6.07 Å². The van der Waals surface area contributed by atoms with Crippen LogP contribution in [0.3, 0.4) is 0 Å². The van der Waals surface area contributed by atoms with Gasteiger partial charge >= 0.3 is 0 Å². The summed E-state index contributed by atoms with van der Waals surface area (Å²) in [6.45, 7) is 2.00. The molecule has 0 aliphatic rings. The fourth-order valence-electron chi connectivity index (χ4n) is 1.53. The number of hydrogen-bond acceptors (Lipinski definition) is 4. The van der Waals surface area contributed by atoms with Crippen molar-refractivity contribution in [2.24, 2.45) is 0 Å². The Morgan fingerprint density at radius 3 is 2.89 bits per heavy atom. The maximum Gasteiger partial charge on any atom is 0.154 e. The molecule has 0 radical (unpaired) electrons. The number of nitrogens with two attached hydrogens (primary N) is 1. The zero-order chi connectivity index (χ0) is 13.1. The summed E-state index contributed by atoms with van der Waals surface area (Å²) in [5.74, 6) is 0.513. The first kappa shape index (κ1) is 12.6. The van der Waals surface area contributed by atoms with Crippen LogP contribution < -0.4 is 11.1 Å². The van der Waals surface area contributed by atoms with E-state index in [1.54, 1.807) is 12.3 Å². The van der Waals surface area contributed by atoms with E-state index < -0.39 is 0 Å². The minimum Gasteiger partial charge on any atom is -0.395 e. The van der Waals surface area contributed by atoms with Gasteiger partial charge in [0.05, 0.1) is 11.3 Å². The van der Waals surface area contributed by atoms with Gasteiger partial charge in [-0.25, -0.2) is 4.98 Å². The summed E-state index contributed by atoms with van der Waals surface area (Å²) >= 11 is 2.24. The van der Waals surface area contributed by atoms with Crippen molar-refractivity contribution in [3.05, 3.63) is 45.2 Å². The monoisotopic (exact) mass is 350 g/mol. The number of benzene rings is 1. The average molecular weight is 350 g/mol. The number of halogens is 1. The van der Waals surface area contributed by atoms with Crippen LogP contribution in [-0.2, 0) is 0 Å². The van der Waals surface area contributed by atoms with Crippen molar-refractivity contribution in [3.63, 3.8) is 0 Å². The topological polar surface area (TPSA) is 74.7 Å². The van der Waals surface area contributed by atoms with E-state index in [9.17, 15) is 0 Å². The fraction of sp³-hybridized carbons (Fsp3) is 0.0769. The highest BCUT2D eigenvalue weighted by molar-refractivity contribution is 14.1. The summed E-state index contributed by atoms with van der Waals surface area (Å²) in [7, 11) is 0. The Morgan fingerprint density at radius 2 is 2.17 bits per heavy atom. The molecule has 4 nitrogen and oxygen atoms in total. The molecule has 0 saturated carbocycles. The van der Waals surface area contributed by atoms with Gasteiger partial charge in [0.2, 0.25) is 0 Å². The molecule has 0 saturated heterocycles. The predicted octanol–water partition coefficient (Wildman–Crippen LogP) is 3.19. The molecule has 90 valence electrons. The number of anilines is 3. The number of aryl methyl sites for hydroxylation is 1. The number of nitriles is 1. The number of nitrogens with zero attached hydrogens (tertiary/aromatic N) is 2. The van der Waals surface area contributed by atoms with E-state index in [2.05, 4.69) is 32.9 Å². The van der Waals surface area contributed by atoms with Gasteiger partial charge in [0.25, 0.3) is 0 Å². The lowest BCUT2D eigenvalue weighted by molar-refractivity contribution is 1.28. The Kier molecular flexibility index (Phi) is 3.67. The van der Waals surface area contributed by atoms with Crippen molar-refractivity contribution in [2.45, 2.75) is 6.92 Å². The van der Waals surface area contributed by atoms with Gasteiger partial charge in [-0.2, -0.15) is 5.26 Å². The van der Waals surface area contributed by atoms with Gasteiger partial charge in [-0.3, -0.25) is 0 Å². The van der Waals surface area contributed by atoms with Crippen molar-refractivity contribution in [1.82, 2.24) is 4.98 Å². The quantitative estimate of drug-likeness (QED) is 0.816. The van der Waals surface area contributed by atoms with Crippen LogP contribution >= 0.6 is 22.6 Å². The van der Waals surface area contributed by atoms with Crippen LogP contribution in [0.25, 0.3) is 0 Å². The Balaban J connectivity index is 2.41. The van der Waals surface area contributed by atoms with Crippen LogP contribution in [0.5, 0.6) is 0 Å². The Bertz CT molecular complexity index is 631. The lowest BCUT2D eigenvalue weighted by Gasteiger charge is -2.11. The van der Waals surface area contributed by atoms with Gasteiger partial charge < -0.3 is 11.1 Å². The van der Waals surface area contributed by atoms with Gasteiger partial charge in [0.15, 0.2) is 5.82 Å². The van der Waals surface area contributed by atoms with Crippen LogP contribution in [-0.4, -0.2) is 4.98 Å². The highest BCUT2D eigenvalue weighted by Crippen LogP contribution is 2.26. The van der Waals surface area contributed by atoms with E-state index in [0.717, 1.165) is 14.8 Å². The SMILES string of the molecule is Cc1ccc(I)cc1Nc1nccc(C#N)c1N. The van der Waals surface area contributed by atoms with Crippen LogP contribution in [0.4, 0.5) is 17.2 Å². The molecule has 1 aromatic carbocycles. The second-order valence-electron chi connectivity index (χ2n) is 3.82. The number of nitrogen functional groups attached to an aromatic ring is 1. The molecule has 0 aliphatic carbocycles. The maximum atomic E-state index is 8.92. The summed E-state index contributed by atoms with van der Waals surface area (Å²) in [6.07, 6.45) is 1.57. The van der Waals surface area contributed by atoms with Crippen molar-refractivity contribution >= 4 is 39.8 Å². The Hall–Kier alpha value is -1.81. The average Bonchev–Trinajstić information content (AvgIpc) is 2.36. The van der Waals surface area contributed by atoms with Crippen LogP contribution in [0.15, 0.2) is 30.5 Å². The fourth-order valence-corrected chi connectivity index (χ4v) is 2.02. The van der Waals surface area contributed by atoms with Gasteiger partial charge in [-0.1, -0.05) is 6.07 Å². The largest absolute Gasteiger partial charge is 0.395 e. The normalized spacial score (nSPS) is 9.83. The van der Waals surface area contributed by atoms with E-state index >= 15 is 0 Å². The molecule has 0 amide bonds. The van der Waals surface area contributed by atoms with Gasteiger partial charge in [-0.15, -0.1) is 0 Å². The molecule has 0 spiro atoms. The molecule has 0 aliphatic heterocycles. The minimum absolute atomic E-state index is 0.373. The second kappa shape index (κ2) is 5.23.